The van der Waals surface area contributed by atoms with Crippen molar-refractivity contribution in [1.29, 1.82) is 0 Å². The van der Waals surface area contributed by atoms with Gasteiger partial charge in [0.05, 0.1) is 0 Å². The molecule has 5 unspecified atom stereocenters. The highest BCUT2D eigenvalue weighted by Gasteiger charge is 2.59. The van der Waals surface area contributed by atoms with Crippen LogP contribution in [0.2, 0.25) is 0 Å². The summed E-state index contributed by atoms with van der Waals surface area (Å²) in [5.74, 6) is 10.5. The molecule has 0 radical (unpaired) electrons. The lowest BCUT2D eigenvalue weighted by molar-refractivity contribution is 0.125. The Morgan fingerprint density at radius 3 is 2.26 bits per heavy atom. The van der Waals surface area contributed by atoms with Gasteiger partial charge in [-0.1, -0.05) is 51.9 Å². The molecule has 5 atom stereocenters. The Labute approximate surface area is 144 Å². The molecule has 5 rings (SSSR count). The highest BCUT2D eigenvalue weighted by Crippen LogP contribution is 2.67. The highest BCUT2D eigenvalue weighted by atomic mass is 14.6. The summed E-state index contributed by atoms with van der Waals surface area (Å²) in [6, 6.07) is 0. The van der Waals surface area contributed by atoms with E-state index in [1.807, 2.05) is 0 Å². The summed E-state index contributed by atoms with van der Waals surface area (Å²) in [6.07, 6.45) is 20.5. The summed E-state index contributed by atoms with van der Waals surface area (Å²) < 4.78 is 0. The fourth-order valence-electron chi connectivity index (χ4n) is 7.24. The van der Waals surface area contributed by atoms with Crippen molar-refractivity contribution in [2.24, 2.45) is 53.3 Å². The molecule has 0 aromatic heterocycles. The van der Waals surface area contributed by atoms with Gasteiger partial charge in [-0.05, 0) is 91.8 Å². The molecule has 5 saturated carbocycles. The maximum atomic E-state index is 2.55. The van der Waals surface area contributed by atoms with E-state index in [1.165, 1.54) is 54.8 Å². The van der Waals surface area contributed by atoms with Crippen LogP contribution in [-0.2, 0) is 0 Å². The van der Waals surface area contributed by atoms with Crippen LogP contribution in [0.3, 0.4) is 0 Å². The molecular weight excluding hydrogens is 276 g/mol. The first-order valence-electron chi connectivity index (χ1n) is 11.3. The third-order valence-corrected chi connectivity index (χ3v) is 9.05. The van der Waals surface area contributed by atoms with E-state index in [-0.39, 0.29) is 0 Å². The fraction of sp³-hybridized carbons (Fsp3) is 1.00. The van der Waals surface area contributed by atoms with Crippen LogP contribution >= 0.6 is 0 Å². The van der Waals surface area contributed by atoms with E-state index in [0.717, 1.165) is 17.8 Å². The van der Waals surface area contributed by atoms with Crippen LogP contribution in [0.25, 0.3) is 0 Å². The molecule has 0 spiro atoms. The van der Waals surface area contributed by atoms with Crippen molar-refractivity contribution in [2.75, 3.05) is 0 Å². The second-order valence-corrected chi connectivity index (χ2v) is 10.6. The molecule has 0 nitrogen and oxygen atoms in total. The van der Waals surface area contributed by atoms with Crippen LogP contribution in [0.5, 0.6) is 0 Å². The first-order chi connectivity index (χ1) is 11.3. The van der Waals surface area contributed by atoms with Crippen molar-refractivity contribution in [3.63, 3.8) is 0 Å². The molecule has 130 valence electrons. The molecular formula is C23H38. The Bertz CT molecular complexity index is 406. The zero-order chi connectivity index (χ0) is 15.4. The van der Waals surface area contributed by atoms with Gasteiger partial charge in [0.1, 0.15) is 0 Å². The SMILES string of the molecule is CC(CCCC1CCC1)CC1CC1C1CC(C2C3CCCC32)C1. The normalized spacial score (nSPS) is 49.2. The average Bonchev–Trinajstić information content (AvgIpc) is 3.28. The number of hydrogen-bond acceptors (Lipinski definition) is 0. The molecule has 0 saturated heterocycles. The molecule has 0 N–H and O–H groups in total. The Morgan fingerprint density at radius 1 is 0.826 bits per heavy atom. The topological polar surface area (TPSA) is 0 Å². The van der Waals surface area contributed by atoms with E-state index in [9.17, 15) is 0 Å². The molecule has 23 heavy (non-hydrogen) atoms. The summed E-state index contributed by atoms with van der Waals surface area (Å²) in [5, 5.41) is 0. The Kier molecular flexibility index (Phi) is 4.03. The molecule has 0 aromatic carbocycles. The molecule has 0 amide bonds. The van der Waals surface area contributed by atoms with Gasteiger partial charge in [-0.3, -0.25) is 0 Å². The monoisotopic (exact) mass is 314 g/mol. The molecule has 0 heterocycles. The summed E-state index contributed by atoms with van der Waals surface area (Å²) >= 11 is 0. The van der Waals surface area contributed by atoms with Crippen LogP contribution in [0, 0.1) is 53.3 Å². The van der Waals surface area contributed by atoms with Crippen molar-refractivity contribution in [2.45, 2.75) is 90.4 Å². The molecule has 5 aliphatic carbocycles. The molecule has 5 aliphatic rings. The van der Waals surface area contributed by atoms with Gasteiger partial charge in [-0.15, -0.1) is 0 Å². The van der Waals surface area contributed by atoms with Gasteiger partial charge in [0.15, 0.2) is 0 Å². The van der Waals surface area contributed by atoms with E-state index in [1.54, 1.807) is 64.2 Å². The first kappa shape index (κ1) is 15.3. The lowest BCUT2D eigenvalue weighted by Crippen LogP contribution is -2.28. The molecule has 5 fully saturated rings. The summed E-state index contributed by atoms with van der Waals surface area (Å²) in [4.78, 5) is 0. The van der Waals surface area contributed by atoms with Gasteiger partial charge in [0.2, 0.25) is 0 Å². The second-order valence-electron chi connectivity index (χ2n) is 10.6. The van der Waals surface area contributed by atoms with E-state index < -0.39 is 0 Å². The Hall–Kier alpha value is 0. The maximum Gasteiger partial charge on any atom is -0.0323 e. The van der Waals surface area contributed by atoms with Crippen LogP contribution < -0.4 is 0 Å². The number of rotatable bonds is 8. The third kappa shape index (κ3) is 3.02. The predicted molar refractivity (Wildman–Crippen MR) is 97.1 cm³/mol. The van der Waals surface area contributed by atoms with Gasteiger partial charge >= 0.3 is 0 Å². The van der Waals surface area contributed by atoms with Crippen molar-refractivity contribution in [1.82, 2.24) is 0 Å². The lowest BCUT2D eigenvalue weighted by atomic mass is 9.68. The zero-order valence-corrected chi connectivity index (χ0v) is 15.4. The van der Waals surface area contributed by atoms with Gasteiger partial charge in [-0.2, -0.15) is 0 Å². The standard InChI is InChI=1S/C23H38/c1-15(5-2-6-16-7-3-8-16)11-17-14-22(17)18-12-19(13-18)23-20-9-4-10-21(20)23/h15-23H,2-14H2,1H3. The summed E-state index contributed by atoms with van der Waals surface area (Å²) in [6.45, 7) is 2.55. The fourth-order valence-corrected chi connectivity index (χ4v) is 7.24. The van der Waals surface area contributed by atoms with Gasteiger partial charge < -0.3 is 0 Å². The van der Waals surface area contributed by atoms with Crippen molar-refractivity contribution < 1.29 is 0 Å². The minimum absolute atomic E-state index is 1.02. The molecule has 0 heteroatoms. The highest BCUT2D eigenvalue weighted by molar-refractivity contribution is 5.08. The first-order valence-corrected chi connectivity index (χ1v) is 11.3. The van der Waals surface area contributed by atoms with E-state index >= 15 is 0 Å². The average molecular weight is 315 g/mol. The van der Waals surface area contributed by atoms with Gasteiger partial charge in [-0.25, -0.2) is 0 Å². The van der Waals surface area contributed by atoms with Gasteiger partial charge in [0, 0.05) is 0 Å². The van der Waals surface area contributed by atoms with Crippen LogP contribution in [-0.4, -0.2) is 0 Å². The van der Waals surface area contributed by atoms with Gasteiger partial charge in [0.25, 0.3) is 0 Å². The van der Waals surface area contributed by atoms with E-state index in [2.05, 4.69) is 6.92 Å². The maximum absolute atomic E-state index is 2.55. The quantitative estimate of drug-likeness (QED) is 0.468. The van der Waals surface area contributed by atoms with Crippen LogP contribution in [0.15, 0.2) is 0 Å². The summed E-state index contributed by atoms with van der Waals surface area (Å²) in [5.41, 5.74) is 0. The minimum Gasteiger partial charge on any atom is -0.0625 e. The van der Waals surface area contributed by atoms with Crippen molar-refractivity contribution >= 4 is 0 Å². The number of fused-ring (bicyclic) bond motifs is 1. The van der Waals surface area contributed by atoms with Crippen molar-refractivity contribution in [3.05, 3.63) is 0 Å². The molecule has 0 aromatic rings. The van der Waals surface area contributed by atoms with Crippen LogP contribution in [0.1, 0.15) is 90.4 Å². The minimum atomic E-state index is 1.02. The summed E-state index contributed by atoms with van der Waals surface area (Å²) in [7, 11) is 0. The smallest absolute Gasteiger partial charge is 0.0323 e. The Balaban J connectivity index is 0.963. The largest absolute Gasteiger partial charge is 0.0625 e. The predicted octanol–water partition coefficient (Wildman–Crippen LogP) is 6.69. The van der Waals surface area contributed by atoms with Crippen LogP contribution in [0.4, 0.5) is 0 Å². The van der Waals surface area contributed by atoms with E-state index in [4.69, 9.17) is 0 Å². The van der Waals surface area contributed by atoms with Crippen molar-refractivity contribution in [3.8, 4) is 0 Å². The molecule has 0 bridgehead atoms. The number of hydrogen-bond donors (Lipinski definition) is 0. The van der Waals surface area contributed by atoms with E-state index in [0.29, 0.717) is 0 Å². The Morgan fingerprint density at radius 2 is 1.57 bits per heavy atom. The molecule has 0 aliphatic heterocycles. The second kappa shape index (κ2) is 6.06. The third-order valence-electron chi connectivity index (χ3n) is 9.05. The zero-order valence-electron chi connectivity index (χ0n) is 15.4. The lowest BCUT2D eigenvalue weighted by Gasteiger charge is -2.37.